The van der Waals surface area contributed by atoms with Crippen molar-refractivity contribution in [3.8, 4) is 0 Å². The summed E-state index contributed by atoms with van der Waals surface area (Å²) in [7, 11) is -3.91. The zero-order valence-corrected chi connectivity index (χ0v) is 18.9. The van der Waals surface area contributed by atoms with Gasteiger partial charge in [-0.1, -0.05) is 67.6 Å². The van der Waals surface area contributed by atoms with Crippen molar-refractivity contribution in [3.05, 3.63) is 95.6 Å². The second-order valence-corrected chi connectivity index (χ2v) is 9.52. The van der Waals surface area contributed by atoms with Gasteiger partial charge in [-0.2, -0.15) is 0 Å². The number of amides is 1. The molecule has 0 saturated carbocycles. The van der Waals surface area contributed by atoms with Crippen molar-refractivity contribution >= 4 is 21.6 Å². The van der Waals surface area contributed by atoms with Gasteiger partial charge < -0.3 is 5.32 Å². The monoisotopic (exact) mass is 436 g/mol. The van der Waals surface area contributed by atoms with Crippen molar-refractivity contribution in [1.29, 1.82) is 0 Å². The molecule has 3 aromatic rings. The van der Waals surface area contributed by atoms with E-state index in [1.807, 2.05) is 57.2 Å². The smallest absolute Gasteiger partial charge is 0.264 e. The SMILES string of the molecule is Cc1cccc(N(CC(=O)NC[C@H](C)c2ccccc2)S(=O)(=O)c2ccccc2)c1C. The second kappa shape index (κ2) is 9.79. The van der Waals surface area contributed by atoms with Gasteiger partial charge in [-0.3, -0.25) is 9.10 Å². The highest BCUT2D eigenvalue weighted by atomic mass is 32.2. The summed E-state index contributed by atoms with van der Waals surface area (Å²) in [4.78, 5) is 13.0. The molecule has 0 aliphatic heterocycles. The van der Waals surface area contributed by atoms with Crippen LogP contribution in [0.25, 0.3) is 0 Å². The third-order valence-electron chi connectivity index (χ3n) is 5.44. The Morgan fingerprint density at radius 3 is 2.16 bits per heavy atom. The molecule has 0 spiro atoms. The molecule has 0 bridgehead atoms. The Kier molecular flexibility index (Phi) is 7.13. The normalized spacial score (nSPS) is 12.2. The first-order valence-electron chi connectivity index (χ1n) is 10.3. The van der Waals surface area contributed by atoms with Gasteiger partial charge in [0.2, 0.25) is 5.91 Å². The lowest BCUT2D eigenvalue weighted by atomic mass is 10.0. The molecule has 0 saturated heterocycles. The van der Waals surface area contributed by atoms with Crippen LogP contribution >= 0.6 is 0 Å². The van der Waals surface area contributed by atoms with Gasteiger partial charge in [-0.15, -0.1) is 0 Å². The molecule has 31 heavy (non-hydrogen) atoms. The first-order chi connectivity index (χ1) is 14.8. The molecular formula is C25H28N2O3S. The van der Waals surface area contributed by atoms with Crippen molar-refractivity contribution < 1.29 is 13.2 Å². The Morgan fingerprint density at radius 2 is 1.52 bits per heavy atom. The van der Waals surface area contributed by atoms with Crippen LogP contribution in [0.3, 0.4) is 0 Å². The summed E-state index contributed by atoms with van der Waals surface area (Å²) >= 11 is 0. The first-order valence-corrected chi connectivity index (χ1v) is 11.7. The van der Waals surface area contributed by atoms with Crippen LogP contribution in [-0.2, 0) is 14.8 Å². The van der Waals surface area contributed by atoms with Crippen LogP contribution in [0, 0.1) is 13.8 Å². The van der Waals surface area contributed by atoms with Crippen LogP contribution in [0.5, 0.6) is 0 Å². The molecule has 0 aliphatic rings. The fraction of sp³-hybridized carbons (Fsp3) is 0.240. The van der Waals surface area contributed by atoms with Gasteiger partial charge >= 0.3 is 0 Å². The van der Waals surface area contributed by atoms with Crippen molar-refractivity contribution in [2.24, 2.45) is 0 Å². The Morgan fingerprint density at radius 1 is 0.903 bits per heavy atom. The fourth-order valence-electron chi connectivity index (χ4n) is 3.38. The summed E-state index contributed by atoms with van der Waals surface area (Å²) < 4.78 is 28.1. The van der Waals surface area contributed by atoms with Gasteiger partial charge in [-0.25, -0.2) is 8.42 Å². The molecule has 1 amide bonds. The fourth-order valence-corrected chi connectivity index (χ4v) is 4.88. The number of nitrogens with zero attached hydrogens (tertiary/aromatic N) is 1. The molecule has 0 aliphatic carbocycles. The predicted molar refractivity (Wildman–Crippen MR) is 125 cm³/mol. The zero-order valence-electron chi connectivity index (χ0n) is 18.1. The quantitative estimate of drug-likeness (QED) is 0.568. The number of anilines is 1. The minimum absolute atomic E-state index is 0.116. The number of rotatable bonds is 8. The molecule has 1 atom stereocenters. The molecule has 3 rings (SSSR count). The average Bonchev–Trinajstić information content (AvgIpc) is 2.79. The molecule has 0 aromatic heterocycles. The van der Waals surface area contributed by atoms with Gasteiger partial charge in [0.05, 0.1) is 10.6 Å². The second-order valence-electron chi connectivity index (χ2n) is 7.66. The highest BCUT2D eigenvalue weighted by Crippen LogP contribution is 2.28. The molecular weight excluding hydrogens is 408 g/mol. The van der Waals surface area contributed by atoms with E-state index in [4.69, 9.17) is 0 Å². The maximum absolute atomic E-state index is 13.4. The van der Waals surface area contributed by atoms with Crippen molar-refractivity contribution in [1.82, 2.24) is 5.32 Å². The average molecular weight is 437 g/mol. The van der Waals surface area contributed by atoms with Gasteiger partial charge in [0.25, 0.3) is 10.0 Å². The summed E-state index contributed by atoms with van der Waals surface area (Å²) in [5, 5.41) is 2.89. The Bertz CT molecular complexity index is 1130. The molecule has 3 aromatic carbocycles. The van der Waals surface area contributed by atoms with Crippen LogP contribution < -0.4 is 9.62 Å². The molecule has 1 N–H and O–H groups in total. The van der Waals surface area contributed by atoms with Gasteiger partial charge in [0, 0.05) is 6.54 Å². The number of sulfonamides is 1. The van der Waals surface area contributed by atoms with Gasteiger partial charge in [-0.05, 0) is 54.7 Å². The molecule has 0 fully saturated rings. The molecule has 0 heterocycles. The molecule has 0 unspecified atom stereocenters. The number of carbonyl (C=O) groups is 1. The highest BCUT2D eigenvalue weighted by molar-refractivity contribution is 7.92. The number of hydrogen-bond acceptors (Lipinski definition) is 3. The number of hydrogen-bond donors (Lipinski definition) is 1. The summed E-state index contributed by atoms with van der Waals surface area (Å²) in [6.45, 7) is 5.96. The largest absolute Gasteiger partial charge is 0.354 e. The van der Waals surface area contributed by atoms with Crippen LogP contribution in [0.1, 0.15) is 29.5 Å². The number of carbonyl (C=O) groups excluding carboxylic acids is 1. The summed E-state index contributed by atoms with van der Waals surface area (Å²) in [6, 6.07) is 23.6. The Hall–Kier alpha value is -3.12. The maximum Gasteiger partial charge on any atom is 0.264 e. The van der Waals surface area contributed by atoms with Gasteiger partial charge in [0.15, 0.2) is 0 Å². The lowest BCUT2D eigenvalue weighted by Gasteiger charge is -2.26. The van der Waals surface area contributed by atoms with Crippen LogP contribution in [0.15, 0.2) is 83.8 Å². The maximum atomic E-state index is 13.4. The van der Waals surface area contributed by atoms with Crippen LogP contribution in [0.4, 0.5) is 5.69 Å². The topological polar surface area (TPSA) is 66.5 Å². The van der Waals surface area contributed by atoms with E-state index < -0.39 is 10.0 Å². The lowest BCUT2D eigenvalue weighted by Crippen LogP contribution is -2.42. The number of nitrogens with one attached hydrogen (secondary N) is 1. The zero-order chi connectivity index (χ0) is 22.4. The lowest BCUT2D eigenvalue weighted by molar-refractivity contribution is -0.119. The van der Waals surface area contributed by atoms with Crippen molar-refractivity contribution in [2.75, 3.05) is 17.4 Å². The molecule has 6 heteroatoms. The first kappa shape index (κ1) is 22.6. The summed E-state index contributed by atoms with van der Waals surface area (Å²) in [6.07, 6.45) is 0. The molecule has 5 nitrogen and oxygen atoms in total. The summed E-state index contributed by atoms with van der Waals surface area (Å²) in [5.41, 5.74) is 3.41. The van der Waals surface area contributed by atoms with Crippen LogP contribution in [-0.4, -0.2) is 27.4 Å². The number of aryl methyl sites for hydroxylation is 1. The van der Waals surface area contributed by atoms with E-state index in [0.717, 1.165) is 16.7 Å². The van der Waals surface area contributed by atoms with E-state index in [2.05, 4.69) is 5.32 Å². The third-order valence-corrected chi connectivity index (χ3v) is 7.21. The standard InChI is InChI=1S/C25H28N2O3S/c1-19-11-10-16-24(21(19)3)27(31(29,30)23-14-8-5-9-15-23)18-25(28)26-17-20(2)22-12-6-4-7-13-22/h4-16,20H,17-18H2,1-3H3,(H,26,28)/t20-/m0/s1. The van der Waals surface area contributed by atoms with Gasteiger partial charge in [0.1, 0.15) is 6.54 Å². The molecule has 162 valence electrons. The van der Waals surface area contributed by atoms with Crippen LogP contribution in [0.2, 0.25) is 0 Å². The Balaban J connectivity index is 1.85. The van der Waals surface area contributed by atoms with E-state index >= 15 is 0 Å². The molecule has 0 radical (unpaired) electrons. The minimum atomic E-state index is -3.91. The highest BCUT2D eigenvalue weighted by Gasteiger charge is 2.28. The summed E-state index contributed by atoms with van der Waals surface area (Å²) in [5.74, 6) is -0.228. The van der Waals surface area contributed by atoms with Crippen molar-refractivity contribution in [3.63, 3.8) is 0 Å². The Labute approximate surface area is 184 Å². The minimum Gasteiger partial charge on any atom is -0.354 e. The number of benzene rings is 3. The predicted octanol–water partition coefficient (Wildman–Crippen LogP) is 4.42. The van der Waals surface area contributed by atoms with E-state index in [1.165, 1.54) is 4.31 Å². The van der Waals surface area contributed by atoms with E-state index in [9.17, 15) is 13.2 Å². The van der Waals surface area contributed by atoms with E-state index in [1.54, 1.807) is 42.5 Å². The third kappa shape index (κ3) is 5.33. The van der Waals surface area contributed by atoms with E-state index in [0.29, 0.717) is 12.2 Å². The van der Waals surface area contributed by atoms with E-state index in [-0.39, 0.29) is 23.3 Å². The van der Waals surface area contributed by atoms with Crippen molar-refractivity contribution in [2.45, 2.75) is 31.6 Å².